The molecule has 0 spiro atoms. The van der Waals surface area contributed by atoms with Gasteiger partial charge in [0.25, 0.3) is 11.5 Å². The first-order valence-corrected chi connectivity index (χ1v) is 7.09. The van der Waals surface area contributed by atoms with Crippen LogP contribution in [0.3, 0.4) is 0 Å². The molecule has 6 nitrogen and oxygen atoms in total. The highest BCUT2D eigenvalue weighted by Crippen LogP contribution is 2.24. The molecule has 2 aromatic rings. The fourth-order valence-corrected chi connectivity index (χ4v) is 2.33. The number of pyridine rings is 1. The molecule has 1 aromatic heterocycles. The van der Waals surface area contributed by atoms with Crippen LogP contribution in [0.15, 0.2) is 46.2 Å². The summed E-state index contributed by atoms with van der Waals surface area (Å²) in [5.74, 6) is -0.375. The number of benzene rings is 1. The number of fused-ring (bicyclic) bond motifs is 1. The zero-order valence-corrected chi connectivity index (χ0v) is 12.3. The number of ether oxygens (including phenoxy) is 1. The summed E-state index contributed by atoms with van der Waals surface area (Å²) in [7, 11) is 0. The van der Waals surface area contributed by atoms with Gasteiger partial charge >= 0.3 is 0 Å². The van der Waals surface area contributed by atoms with E-state index in [9.17, 15) is 14.0 Å². The first-order chi connectivity index (χ1) is 11.1. The minimum atomic E-state index is -0.898. The first kappa shape index (κ1) is 15.0. The second kappa shape index (κ2) is 6.04. The van der Waals surface area contributed by atoms with Crippen LogP contribution >= 0.6 is 0 Å². The number of nitrogens with zero attached hydrogens (tertiary/aromatic N) is 2. The lowest BCUT2D eigenvalue weighted by Crippen LogP contribution is -2.31. The summed E-state index contributed by atoms with van der Waals surface area (Å²) in [6, 6.07) is 7.81. The van der Waals surface area contributed by atoms with Crippen LogP contribution in [0.1, 0.15) is 13.0 Å². The number of rotatable bonds is 4. The molecule has 0 aliphatic carbocycles. The van der Waals surface area contributed by atoms with Gasteiger partial charge in [-0.2, -0.15) is 0 Å². The first-order valence-electron chi connectivity index (χ1n) is 7.09. The summed E-state index contributed by atoms with van der Waals surface area (Å²) in [6.45, 7) is 2.21. The van der Waals surface area contributed by atoms with E-state index in [1.165, 1.54) is 29.0 Å². The van der Waals surface area contributed by atoms with Crippen molar-refractivity contribution >= 4 is 23.6 Å². The Morgan fingerprint density at radius 3 is 2.96 bits per heavy atom. The van der Waals surface area contributed by atoms with Crippen LogP contribution in [0.2, 0.25) is 0 Å². The lowest BCUT2D eigenvalue weighted by atomic mass is 10.2. The molecule has 0 fully saturated rings. The van der Waals surface area contributed by atoms with Gasteiger partial charge in [0.2, 0.25) is 0 Å². The van der Waals surface area contributed by atoms with E-state index in [1.807, 2.05) is 0 Å². The van der Waals surface area contributed by atoms with Crippen molar-refractivity contribution in [2.24, 2.45) is 4.99 Å². The number of carbonyl (C=O) groups is 1. The van der Waals surface area contributed by atoms with Crippen molar-refractivity contribution in [1.82, 2.24) is 4.57 Å². The van der Waals surface area contributed by atoms with Gasteiger partial charge in [-0.05, 0) is 25.1 Å². The van der Waals surface area contributed by atoms with E-state index >= 15 is 0 Å². The van der Waals surface area contributed by atoms with E-state index < -0.39 is 17.8 Å². The molecule has 1 atom stereocenters. The maximum Gasteiger partial charge on any atom is 0.253 e. The molecule has 2 heterocycles. The fourth-order valence-electron chi connectivity index (χ4n) is 2.33. The van der Waals surface area contributed by atoms with Gasteiger partial charge in [0.1, 0.15) is 17.4 Å². The smallest absolute Gasteiger partial charge is 0.253 e. The summed E-state index contributed by atoms with van der Waals surface area (Å²) in [4.78, 5) is 28.2. The number of hydrogen-bond donors (Lipinski definition) is 1. The van der Waals surface area contributed by atoms with Crippen molar-refractivity contribution in [2.75, 3.05) is 11.9 Å². The molecule has 0 radical (unpaired) electrons. The summed E-state index contributed by atoms with van der Waals surface area (Å²) < 4.78 is 20.4. The van der Waals surface area contributed by atoms with Gasteiger partial charge in [-0.1, -0.05) is 6.07 Å². The lowest BCUT2D eigenvalue weighted by Gasteiger charge is -2.13. The van der Waals surface area contributed by atoms with Crippen LogP contribution in [-0.4, -0.2) is 23.3 Å². The highest BCUT2D eigenvalue weighted by atomic mass is 19.1. The third kappa shape index (κ3) is 2.85. The Kier molecular flexibility index (Phi) is 3.92. The maximum absolute atomic E-state index is 14.0. The zero-order valence-electron chi connectivity index (χ0n) is 12.3. The van der Waals surface area contributed by atoms with Gasteiger partial charge in [0.05, 0.1) is 12.3 Å². The normalized spacial score (nSPS) is 15.3. The molecule has 0 saturated carbocycles. The minimum Gasteiger partial charge on any atom is -0.494 e. The Labute approximate surface area is 131 Å². The molecule has 1 aliphatic heterocycles. The third-order valence-electron chi connectivity index (χ3n) is 3.37. The second-order valence-corrected chi connectivity index (χ2v) is 4.88. The number of hydrogen-bond acceptors (Lipinski definition) is 4. The average Bonchev–Trinajstić information content (AvgIpc) is 2.96. The van der Waals surface area contributed by atoms with Crippen molar-refractivity contribution in [3.05, 3.63) is 52.6 Å². The number of carbonyl (C=O) groups excluding carboxylic acids is 1. The van der Waals surface area contributed by atoms with Crippen molar-refractivity contribution in [1.29, 1.82) is 0 Å². The molecule has 0 saturated heterocycles. The molecule has 1 aliphatic rings. The van der Waals surface area contributed by atoms with E-state index in [1.54, 1.807) is 25.1 Å². The number of nitrogens with one attached hydrogen (secondary N) is 1. The number of aromatic nitrogens is 1. The van der Waals surface area contributed by atoms with Crippen LogP contribution in [0.5, 0.6) is 5.75 Å². The predicted octanol–water partition coefficient (Wildman–Crippen LogP) is 2.28. The van der Waals surface area contributed by atoms with Crippen LogP contribution < -0.4 is 15.6 Å². The van der Waals surface area contributed by atoms with Crippen LogP contribution in [-0.2, 0) is 4.79 Å². The van der Waals surface area contributed by atoms with Gasteiger partial charge in [0.15, 0.2) is 6.04 Å². The predicted molar refractivity (Wildman–Crippen MR) is 84.1 cm³/mol. The van der Waals surface area contributed by atoms with E-state index in [0.717, 1.165) is 0 Å². The highest BCUT2D eigenvalue weighted by molar-refractivity contribution is 6.05. The van der Waals surface area contributed by atoms with Gasteiger partial charge in [-0.3, -0.25) is 14.2 Å². The van der Waals surface area contributed by atoms with Crippen molar-refractivity contribution in [3.63, 3.8) is 0 Å². The quantitative estimate of drug-likeness (QED) is 0.941. The summed E-state index contributed by atoms with van der Waals surface area (Å²) in [5.41, 5.74) is -0.323. The molecule has 1 N–H and O–H groups in total. The average molecular weight is 315 g/mol. The zero-order chi connectivity index (χ0) is 16.4. The molecular formula is C16H14FN3O3. The van der Waals surface area contributed by atoms with E-state index in [2.05, 4.69) is 10.3 Å². The Morgan fingerprint density at radius 1 is 1.39 bits per heavy atom. The van der Waals surface area contributed by atoms with Gasteiger partial charge in [-0.25, -0.2) is 9.38 Å². The standard InChI is InChI=1S/C16H14FN3O3/c1-2-23-10-6-7-12(11(17)8-10)19-16(22)13-9-18-14-4-3-5-15(21)20(13)14/h3-9,13H,2H2,1H3,(H,19,22). The van der Waals surface area contributed by atoms with Crippen molar-refractivity contribution in [2.45, 2.75) is 13.0 Å². The topological polar surface area (TPSA) is 72.7 Å². The SMILES string of the molecule is CCOc1ccc(NC(=O)C2C=Nc3cccc(=O)n32)c(F)c1. The number of aliphatic imine (C=N–C) groups is 1. The second-order valence-electron chi connectivity index (χ2n) is 4.88. The van der Waals surface area contributed by atoms with E-state index in [-0.39, 0.29) is 11.2 Å². The van der Waals surface area contributed by atoms with E-state index in [0.29, 0.717) is 18.2 Å². The molecule has 1 aromatic carbocycles. The van der Waals surface area contributed by atoms with Crippen LogP contribution in [0, 0.1) is 5.82 Å². The monoisotopic (exact) mass is 315 g/mol. The molecule has 118 valence electrons. The molecule has 23 heavy (non-hydrogen) atoms. The minimum absolute atomic E-state index is 0.0179. The molecular weight excluding hydrogens is 301 g/mol. The van der Waals surface area contributed by atoms with Crippen LogP contribution in [0.25, 0.3) is 0 Å². The highest BCUT2D eigenvalue weighted by Gasteiger charge is 2.26. The Hall–Kier alpha value is -2.96. The Morgan fingerprint density at radius 2 is 2.22 bits per heavy atom. The van der Waals surface area contributed by atoms with E-state index in [4.69, 9.17) is 4.74 Å². The third-order valence-corrected chi connectivity index (χ3v) is 3.37. The summed E-state index contributed by atoms with van der Waals surface area (Å²) in [6.07, 6.45) is 1.36. The number of halogens is 1. The number of anilines is 1. The molecule has 1 unspecified atom stereocenters. The molecule has 3 rings (SSSR count). The largest absolute Gasteiger partial charge is 0.494 e. The molecule has 7 heteroatoms. The van der Waals surface area contributed by atoms with Crippen LogP contribution in [0.4, 0.5) is 15.9 Å². The molecule has 1 amide bonds. The van der Waals surface area contributed by atoms with Gasteiger partial charge in [0, 0.05) is 18.3 Å². The van der Waals surface area contributed by atoms with Crippen molar-refractivity contribution in [3.8, 4) is 5.75 Å². The van der Waals surface area contributed by atoms with Gasteiger partial charge in [-0.15, -0.1) is 0 Å². The Bertz CT molecular complexity index is 845. The summed E-state index contributed by atoms with van der Waals surface area (Å²) >= 11 is 0. The lowest BCUT2D eigenvalue weighted by molar-refractivity contribution is -0.117. The van der Waals surface area contributed by atoms with Crippen molar-refractivity contribution < 1.29 is 13.9 Å². The number of amides is 1. The molecule has 0 bridgehead atoms. The Balaban J connectivity index is 1.82. The summed E-state index contributed by atoms with van der Waals surface area (Å²) in [5, 5.41) is 2.47. The van der Waals surface area contributed by atoms with Gasteiger partial charge < -0.3 is 10.1 Å². The maximum atomic E-state index is 14.0. The fraction of sp³-hybridized carbons (Fsp3) is 0.188.